The number of amidine groups is 1. The summed E-state index contributed by atoms with van der Waals surface area (Å²) in [6.07, 6.45) is 7.72. The van der Waals surface area contributed by atoms with Crippen LogP contribution in [0.5, 0.6) is 0 Å². The van der Waals surface area contributed by atoms with Gasteiger partial charge in [0.25, 0.3) is 15.9 Å². The molecule has 0 saturated carbocycles. The first-order valence-electron chi connectivity index (χ1n) is 8.92. The van der Waals surface area contributed by atoms with E-state index in [9.17, 15) is 18.0 Å². The molecule has 0 atom stereocenters. The summed E-state index contributed by atoms with van der Waals surface area (Å²) < 4.78 is 28.8. The third-order valence-corrected chi connectivity index (χ3v) is 5.50. The minimum atomic E-state index is -3.61. The van der Waals surface area contributed by atoms with Gasteiger partial charge in [0.05, 0.1) is 23.6 Å². The Morgan fingerprint density at radius 3 is 2.70 bits per heavy atom. The van der Waals surface area contributed by atoms with Gasteiger partial charge in [0.15, 0.2) is 5.84 Å². The molecule has 3 heterocycles. The molecule has 11 nitrogen and oxygen atoms in total. The molecule has 2 N–H and O–H groups in total. The monoisotopic (exact) mass is 427 g/mol. The van der Waals surface area contributed by atoms with Gasteiger partial charge >= 0.3 is 0 Å². The highest BCUT2D eigenvalue weighted by atomic mass is 32.2. The highest BCUT2D eigenvalue weighted by Gasteiger charge is 2.29. The van der Waals surface area contributed by atoms with Gasteiger partial charge in [0.2, 0.25) is 5.91 Å². The molecule has 0 saturated heterocycles. The molecule has 12 heteroatoms. The number of rotatable bonds is 5. The zero-order valence-corrected chi connectivity index (χ0v) is 16.4. The van der Waals surface area contributed by atoms with Crippen LogP contribution in [0.1, 0.15) is 0 Å². The van der Waals surface area contributed by atoms with Gasteiger partial charge in [-0.2, -0.15) is 5.10 Å². The average molecular weight is 427 g/mol. The lowest BCUT2D eigenvalue weighted by molar-refractivity contribution is -0.121. The number of carbonyl (C=O) groups is 2. The quantitative estimate of drug-likeness (QED) is 0.675. The summed E-state index contributed by atoms with van der Waals surface area (Å²) in [4.78, 5) is 30.1. The van der Waals surface area contributed by atoms with E-state index in [0.717, 1.165) is 5.69 Å². The van der Waals surface area contributed by atoms with Crippen LogP contribution in [0.25, 0.3) is 5.69 Å². The summed E-state index contributed by atoms with van der Waals surface area (Å²) in [5.41, 5.74) is 1.42. The van der Waals surface area contributed by atoms with Crippen LogP contribution < -0.4 is 10.6 Å². The van der Waals surface area contributed by atoms with Crippen molar-refractivity contribution in [2.24, 2.45) is 4.40 Å². The summed E-state index contributed by atoms with van der Waals surface area (Å²) in [7, 11) is -3.61. The Labute approximate surface area is 171 Å². The SMILES string of the molecule is O=C(CNC(=O)C1=CC=CN2CCS(=O)(=O)N=C12)Nc1ccc(-n2cncn2)cc1. The molecule has 0 aliphatic carbocycles. The minimum absolute atomic E-state index is 0.0605. The fourth-order valence-electron chi connectivity index (χ4n) is 2.89. The van der Waals surface area contributed by atoms with Crippen LogP contribution in [0.2, 0.25) is 0 Å². The number of nitrogens with zero attached hydrogens (tertiary/aromatic N) is 5. The Kier molecular flexibility index (Phi) is 5.14. The summed E-state index contributed by atoms with van der Waals surface area (Å²) in [5, 5.41) is 9.18. The Balaban J connectivity index is 1.36. The molecule has 154 valence electrons. The van der Waals surface area contributed by atoms with Crippen LogP contribution in [0.3, 0.4) is 0 Å². The first-order chi connectivity index (χ1) is 14.4. The second-order valence-electron chi connectivity index (χ2n) is 6.43. The van der Waals surface area contributed by atoms with Crippen molar-refractivity contribution < 1.29 is 18.0 Å². The standard InChI is InChI=1S/C18H17N7O4S/c26-16(22-13-3-5-14(6-4-13)25-12-19-11-21-25)10-20-18(27)15-2-1-7-24-8-9-30(28,29)23-17(15)24/h1-7,11-12H,8-10H2,(H,20,27)(H,22,26). The Morgan fingerprint density at radius 2 is 1.97 bits per heavy atom. The molecule has 2 aliphatic heterocycles. The summed E-state index contributed by atoms with van der Waals surface area (Å²) in [5.74, 6) is -1.07. The van der Waals surface area contributed by atoms with Crippen molar-refractivity contribution in [3.8, 4) is 5.69 Å². The number of anilines is 1. The van der Waals surface area contributed by atoms with E-state index in [2.05, 4.69) is 25.1 Å². The van der Waals surface area contributed by atoms with Crippen molar-refractivity contribution in [1.29, 1.82) is 0 Å². The maximum absolute atomic E-state index is 12.5. The maximum Gasteiger partial charge on any atom is 0.256 e. The highest BCUT2D eigenvalue weighted by Crippen LogP contribution is 2.17. The topological polar surface area (TPSA) is 139 Å². The van der Waals surface area contributed by atoms with Gasteiger partial charge in [0, 0.05) is 18.4 Å². The third-order valence-electron chi connectivity index (χ3n) is 4.35. The number of aromatic nitrogens is 3. The Morgan fingerprint density at radius 1 is 1.17 bits per heavy atom. The predicted molar refractivity (Wildman–Crippen MR) is 108 cm³/mol. The van der Waals surface area contributed by atoms with Gasteiger partial charge in [-0.1, -0.05) is 0 Å². The second kappa shape index (κ2) is 7.91. The summed E-state index contributed by atoms with van der Waals surface area (Å²) in [6.45, 7) is -0.0713. The number of benzene rings is 1. The number of sulfonamides is 1. The van der Waals surface area contributed by atoms with E-state index >= 15 is 0 Å². The molecule has 30 heavy (non-hydrogen) atoms. The molecule has 1 aromatic carbocycles. The van der Waals surface area contributed by atoms with Crippen LogP contribution in [0.15, 0.2) is 65.2 Å². The second-order valence-corrected chi connectivity index (χ2v) is 8.19. The Hall–Kier alpha value is -3.80. The zero-order valence-electron chi connectivity index (χ0n) is 15.6. The van der Waals surface area contributed by atoms with Gasteiger partial charge in [-0.25, -0.2) is 18.1 Å². The smallest absolute Gasteiger partial charge is 0.256 e. The van der Waals surface area contributed by atoms with Crippen LogP contribution >= 0.6 is 0 Å². The van der Waals surface area contributed by atoms with E-state index < -0.39 is 21.8 Å². The number of amides is 2. The zero-order chi connectivity index (χ0) is 21.1. The number of nitrogens with one attached hydrogen (secondary N) is 2. The van der Waals surface area contributed by atoms with Crippen molar-refractivity contribution in [1.82, 2.24) is 25.0 Å². The molecule has 4 rings (SSSR count). The molecule has 2 amide bonds. The Bertz CT molecular complexity index is 1170. The number of carbonyl (C=O) groups excluding carboxylic acids is 2. The van der Waals surface area contributed by atoms with Crippen LogP contribution in [0.4, 0.5) is 5.69 Å². The molecular formula is C18H17N7O4S. The van der Waals surface area contributed by atoms with E-state index in [1.165, 1.54) is 12.4 Å². The molecule has 0 spiro atoms. The van der Waals surface area contributed by atoms with Crippen molar-refractivity contribution in [3.05, 3.63) is 60.8 Å². The van der Waals surface area contributed by atoms with Crippen LogP contribution in [0, 0.1) is 0 Å². The minimum Gasteiger partial charge on any atom is -0.343 e. The first kappa shape index (κ1) is 19.5. The van der Waals surface area contributed by atoms with Gasteiger partial charge in [-0.15, -0.1) is 4.40 Å². The lowest BCUT2D eigenvalue weighted by Gasteiger charge is -2.28. The lowest BCUT2D eigenvalue weighted by atomic mass is 10.1. The predicted octanol–water partition coefficient (Wildman–Crippen LogP) is -0.180. The average Bonchev–Trinajstić information content (AvgIpc) is 3.26. The highest BCUT2D eigenvalue weighted by molar-refractivity contribution is 7.90. The molecule has 0 radical (unpaired) electrons. The number of allylic oxidation sites excluding steroid dienone is 2. The largest absolute Gasteiger partial charge is 0.343 e. The van der Waals surface area contributed by atoms with Gasteiger partial charge < -0.3 is 15.5 Å². The van der Waals surface area contributed by atoms with E-state index in [-0.39, 0.29) is 30.3 Å². The van der Waals surface area contributed by atoms with E-state index in [0.29, 0.717) is 5.69 Å². The summed E-state index contributed by atoms with van der Waals surface area (Å²) >= 11 is 0. The number of hydrogen-bond acceptors (Lipinski definition) is 7. The normalized spacial score (nSPS) is 16.9. The van der Waals surface area contributed by atoms with Crippen molar-refractivity contribution in [2.75, 3.05) is 24.2 Å². The van der Waals surface area contributed by atoms with Crippen molar-refractivity contribution >= 4 is 33.4 Å². The molecule has 2 aromatic rings. The fraction of sp³-hybridized carbons (Fsp3) is 0.167. The third kappa shape index (κ3) is 4.27. The van der Waals surface area contributed by atoms with Crippen LogP contribution in [-0.4, -0.2) is 64.6 Å². The molecule has 1 aromatic heterocycles. The molecule has 0 fully saturated rings. The lowest BCUT2D eigenvalue weighted by Crippen LogP contribution is -2.43. The van der Waals surface area contributed by atoms with Crippen molar-refractivity contribution in [2.45, 2.75) is 0 Å². The molecule has 2 aliphatic rings. The number of hydrogen-bond donors (Lipinski definition) is 2. The maximum atomic E-state index is 12.5. The number of fused-ring (bicyclic) bond motifs is 1. The molecular weight excluding hydrogens is 410 g/mol. The van der Waals surface area contributed by atoms with E-state index in [1.54, 1.807) is 52.5 Å². The first-order valence-corrected chi connectivity index (χ1v) is 10.5. The fourth-order valence-corrected chi connectivity index (χ4v) is 3.88. The van der Waals surface area contributed by atoms with Gasteiger partial charge in [-0.05, 0) is 36.4 Å². The van der Waals surface area contributed by atoms with Gasteiger partial charge in [-0.3, -0.25) is 9.59 Å². The van der Waals surface area contributed by atoms with Crippen LogP contribution in [-0.2, 0) is 19.6 Å². The summed E-state index contributed by atoms with van der Waals surface area (Å²) in [6, 6.07) is 6.92. The van der Waals surface area contributed by atoms with Crippen molar-refractivity contribution in [3.63, 3.8) is 0 Å². The molecule has 0 bridgehead atoms. The van der Waals surface area contributed by atoms with E-state index in [4.69, 9.17) is 0 Å². The van der Waals surface area contributed by atoms with Gasteiger partial charge in [0.1, 0.15) is 12.7 Å². The van der Waals surface area contributed by atoms with E-state index in [1.807, 2.05) is 0 Å². The molecule has 0 unspecified atom stereocenters.